The fraction of sp³-hybridized carbons (Fsp3) is 0.333. The first-order chi connectivity index (χ1) is 9.47. The maximum absolute atomic E-state index is 12.1. The van der Waals surface area contributed by atoms with Crippen LogP contribution in [0.1, 0.15) is 30.6 Å². The molecule has 0 bridgehead atoms. The van der Waals surface area contributed by atoms with Crippen LogP contribution in [0, 0.1) is 5.92 Å². The molecule has 0 aliphatic heterocycles. The van der Waals surface area contributed by atoms with Gasteiger partial charge in [0.25, 0.3) is 5.91 Å². The van der Waals surface area contributed by atoms with Gasteiger partial charge in [-0.25, -0.2) is 4.79 Å². The minimum absolute atomic E-state index is 0.197. The summed E-state index contributed by atoms with van der Waals surface area (Å²) in [6.45, 7) is 3.85. The zero-order valence-electron chi connectivity index (χ0n) is 11.5. The van der Waals surface area contributed by atoms with Gasteiger partial charge in [-0.05, 0) is 35.9 Å². The van der Waals surface area contributed by atoms with Gasteiger partial charge in [-0.1, -0.05) is 19.9 Å². The summed E-state index contributed by atoms with van der Waals surface area (Å²) in [5, 5.41) is 12.7. The molecule has 0 radical (unpaired) electrons. The Morgan fingerprint density at radius 2 is 2.05 bits per heavy atom. The van der Waals surface area contributed by atoms with Crippen LogP contribution < -0.4 is 5.32 Å². The second kappa shape index (κ2) is 5.77. The van der Waals surface area contributed by atoms with Gasteiger partial charge in [-0.15, -0.1) is 0 Å². The highest BCUT2D eigenvalue weighted by Gasteiger charge is 2.21. The van der Waals surface area contributed by atoms with Crippen LogP contribution in [0.25, 0.3) is 10.9 Å². The molecule has 106 valence electrons. The Balaban J connectivity index is 2.15. The standard InChI is InChI=1S/C15H18N2O3/c1-9(2)7-13(15(19)20)17-14(18)11-4-3-10-5-6-16-12(10)8-11/h3-6,8-9,13,16H,7H2,1-2H3,(H,17,18)(H,19,20)/t13-/m1/s1. The van der Waals surface area contributed by atoms with Crippen LogP contribution in [0.4, 0.5) is 0 Å². The number of carboxylic acids is 1. The average Bonchev–Trinajstić information content (AvgIpc) is 2.84. The van der Waals surface area contributed by atoms with Crippen molar-refractivity contribution >= 4 is 22.8 Å². The van der Waals surface area contributed by atoms with E-state index in [1.807, 2.05) is 26.0 Å². The van der Waals surface area contributed by atoms with Crippen LogP contribution in [-0.2, 0) is 4.79 Å². The Kier molecular flexibility index (Phi) is 4.08. The number of hydrogen-bond acceptors (Lipinski definition) is 2. The van der Waals surface area contributed by atoms with Gasteiger partial charge < -0.3 is 15.4 Å². The molecule has 1 heterocycles. The predicted molar refractivity (Wildman–Crippen MR) is 76.6 cm³/mol. The second-order valence-corrected chi connectivity index (χ2v) is 5.27. The molecule has 0 spiro atoms. The number of carboxylic acid groups (broad SMARTS) is 1. The molecule has 2 aromatic rings. The van der Waals surface area contributed by atoms with Gasteiger partial charge >= 0.3 is 5.97 Å². The van der Waals surface area contributed by atoms with E-state index in [4.69, 9.17) is 5.11 Å². The van der Waals surface area contributed by atoms with E-state index in [0.29, 0.717) is 12.0 Å². The van der Waals surface area contributed by atoms with Crippen molar-refractivity contribution in [2.45, 2.75) is 26.3 Å². The summed E-state index contributed by atoms with van der Waals surface area (Å²) >= 11 is 0. The maximum atomic E-state index is 12.1. The van der Waals surface area contributed by atoms with E-state index in [1.54, 1.807) is 18.3 Å². The summed E-state index contributed by atoms with van der Waals surface area (Å²) in [6.07, 6.45) is 2.21. The summed E-state index contributed by atoms with van der Waals surface area (Å²) in [6, 6.07) is 6.30. The lowest BCUT2D eigenvalue weighted by Crippen LogP contribution is -2.41. The molecule has 5 heteroatoms. The van der Waals surface area contributed by atoms with Crippen molar-refractivity contribution in [3.8, 4) is 0 Å². The molecule has 1 aromatic carbocycles. The highest BCUT2D eigenvalue weighted by atomic mass is 16.4. The Bertz CT molecular complexity index is 631. The number of carbonyl (C=O) groups is 2. The van der Waals surface area contributed by atoms with Gasteiger partial charge in [0.15, 0.2) is 0 Å². The van der Waals surface area contributed by atoms with E-state index in [0.717, 1.165) is 10.9 Å². The molecule has 0 fully saturated rings. The number of aliphatic carboxylic acids is 1. The molecular formula is C15H18N2O3. The third-order valence-corrected chi connectivity index (χ3v) is 3.13. The van der Waals surface area contributed by atoms with Crippen molar-refractivity contribution in [2.75, 3.05) is 0 Å². The van der Waals surface area contributed by atoms with Crippen LogP contribution in [0.15, 0.2) is 30.5 Å². The molecule has 20 heavy (non-hydrogen) atoms. The number of fused-ring (bicyclic) bond motifs is 1. The third kappa shape index (κ3) is 3.17. The lowest BCUT2D eigenvalue weighted by Gasteiger charge is -2.16. The highest BCUT2D eigenvalue weighted by Crippen LogP contribution is 2.14. The molecule has 1 atom stereocenters. The van der Waals surface area contributed by atoms with Crippen LogP contribution in [0.2, 0.25) is 0 Å². The van der Waals surface area contributed by atoms with Gasteiger partial charge in [0.1, 0.15) is 6.04 Å². The molecular weight excluding hydrogens is 256 g/mol. The molecule has 0 saturated carbocycles. The normalized spacial score (nSPS) is 12.6. The number of aromatic nitrogens is 1. The van der Waals surface area contributed by atoms with Crippen molar-refractivity contribution in [3.63, 3.8) is 0 Å². The number of H-pyrrole nitrogens is 1. The van der Waals surface area contributed by atoms with Crippen molar-refractivity contribution in [1.82, 2.24) is 10.3 Å². The monoisotopic (exact) mass is 274 g/mol. The van der Waals surface area contributed by atoms with Crippen molar-refractivity contribution < 1.29 is 14.7 Å². The molecule has 0 aliphatic rings. The SMILES string of the molecule is CC(C)C[C@@H](NC(=O)c1ccc2cc[nH]c2c1)C(=O)O. The van der Waals surface area contributed by atoms with E-state index < -0.39 is 12.0 Å². The highest BCUT2D eigenvalue weighted by molar-refractivity contribution is 5.99. The van der Waals surface area contributed by atoms with E-state index >= 15 is 0 Å². The molecule has 3 N–H and O–H groups in total. The zero-order valence-corrected chi connectivity index (χ0v) is 11.5. The second-order valence-electron chi connectivity index (χ2n) is 5.27. The quantitative estimate of drug-likeness (QED) is 0.783. The summed E-state index contributed by atoms with van der Waals surface area (Å²) in [5.41, 5.74) is 1.31. The fourth-order valence-corrected chi connectivity index (χ4v) is 2.12. The fourth-order valence-electron chi connectivity index (χ4n) is 2.12. The zero-order chi connectivity index (χ0) is 14.7. The summed E-state index contributed by atoms with van der Waals surface area (Å²) in [7, 11) is 0. The first-order valence-electron chi connectivity index (χ1n) is 6.58. The number of aromatic amines is 1. The molecule has 0 saturated heterocycles. The topological polar surface area (TPSA) is 82.2 Å². The van der Waals surface area contributed by atoms with E-state index in [2.05, 4.69) is 10.3 Å². The molecule has 1 aromatic heterocycles. The first kappa shape index (κ1) is 14.1. The molecule has 0 unspecified atom stereocenters. The Labute approximate surface area is 117 Å². The number of hydrogen-bond donors (Lipinski definition) is 3. The number of amides is 1. The average molecular weight is 274 g/mol. The minimum atomic E-state index is -1.01. The molecule has 1 amide bonds. The molecule has 5 nitrogen and oxygen atoms in total. The number of carbonyl (C=O) groups excluding carboxylic acids is 1. The summed E-state index contributed by atoms with van der Waals surface area (Å²) in [4.78, 5) is 26.3. The van der Waals surface area contributed by atoms with Gasteiger partial charge in [-0.3, -0.25) is 4.79 Å². The van der Waals surface area contributed by atoms with E-state index in [1.165, 1.54) is 0 Å². The van der Waals surface area contributed by atoms with Crippen LogP contribution >= 0.6 is 0 Å². The largest absolute Gasteiger partial charge is 0.480 e. The lowest BCUT2D eigenvalue weighted by atomic mass is 10.0. The smallest absolute Gasteiger partial charge is 0.326 e. The first-order valence-corrected chi connectivity index (χ1v) is 6.58. The van der Waals surface area contributed by atoms with Crippen molar-refractivity contribution in [2.24, 2.45) is 5.92 Å². The van der Waals surface area contributed by atoms with Gasteiger partial charge in [0, 0.05) is 17.3 Å². The van der Waals surface area contributed by atoms with E-state index in [9.17, 15) is 9.59 Å². The van der Waals surface area contributed by atoms with Crippen LogP contribution in [0.3, 0.4) is 0 Å². The van der Waals surface area contributed by atoms with Crippen LogP contribution in [0.5, 0.6) is 0 Å². The predicted octanol–water partition coefficient (Wildman–Crippen LogP) is 2.40. The van der Waals surface area contributed by atoms with Crippen LogP contribution in [-0.4, -0.2) is 28.0 Å². The summed E-state index contributed by atoms with van der Waals surface area (Å²) < 4.78 is 0. The Morgan fingerprint density at radius 3 is 2.70 bits per heavy atom. The van der Waals surface area contributed by atoms with Gasteiger partial charge in [-0.2, -0.15) is 0 Å². The van der Waals surface area contributed by atoms with Crippen molar-refractivity contribution in [3.05, 3.63) is 36.0 Å². The summed E-state index contributed by atoms with van der Waals surface area (Å²) in [5.74, 6) is -1.18. The number of benzene rings is 1. The molecule has 2 rings (SSSR count). The lowest BCUT2D eigenvalue weighted by molar-refractivity contribution is -0.139. The Hall–Kier alpha value is -2.30. The molecule has 0 aliphatic carbocycles. The number of rotatable bonds is 5. The van der Waals surface area contributed by atoms with E-state index in [-0.39, 0.29) is 11.8 Å². The van der Waals surface area contributed by atoms with Gasteiger partial charge in [0.05, 0.1) is 0 Å². The van der Waals surface area contributed by atoms with Gasteiger partial charge in [0.2, 0.25) is 0 Å². The minimum Gasteiger partial charge on any atom is -0.480 e. The Morgan fingerprint density at radius 1 is 1.30 bits per heavy atom. The number of nitrogens with one attached hydrogen (secondary N) is 2. The van der Waals surface area contributed by atoms with Crippen molar-refractivity contribution in [1.29, 1.82) is 0 Å². The third-order valence-electron chi connectivity index (χ3n) is 3.13. The maximum Gasteiger partial charge on any atom is 0.326 e.